The van der Waals surface area contributed by atoms with Crippen LogP contribution in [0, 0.1) is 0 Å². The SMILES string of the molecule is CC1(C)c2ccc(-c3ccc(-c4c5ccccc5c(-c5cccc6ccccc56)c5ccccc45)c4ccccc34)cc2-c2c1c1c3ccccc3sc1c1ccccc21. The molecule has 0 bridgehead atoms. The van der Waals surface area contributed by atoms with E-state index in [-0.39, 0.29) is 5.41 Å². The van der Waals surface area contributed by atoms with Crippen molar-refractivity contribution in [2.24, 2.45) is 0 Å². The van der Waals surface area contributed by atoms with E-state index in [1.807, 2.05) is 11.3 Å². The Balaban J connectivity index is 1.06. The van der Waals surface area contributed by atoms with E-state index in [4.69, 9.17) is 0 Å². The molecule has 0 fully saturated rings. The second kappa shape index (κ2) is 12.5. The zero-order chi connectivity index (χ0) is 39.7. The molecule has 1 aromatic heterocycles. The van der Waals surface area contributed by atoms with Crippen LogP contribution in [0.3, 0.4) is 0 Å². The first-order valence-electron chi connectivity index (χ1n) is 21.0. The second-order valence-electron chi connectivity index (χ2n) is 17.1. The van der Waals surface area contributed by atoms with Gasteiger partial charge in [-0.25, -0.2) is 0 Å². The fraction of sp³-hybridized carbons (Fsp3) is 0.0508. The van der Waals surface area contributed by atoms with E-state index in [1.54, 1.807) is 0 Å². The molecule has 280 valence electrons. The van der Waals surface area contributed by atoms with Gasteiger partial charge in [0.25, 0.3) is 0 Å². The molecular weight excluding hydrogens is 741 g/mol. The highest BCUT2D eigenvalue weighted by Crippen LogP contribution is 2.58. The van der Waals surface area contributed by atoms with E-state index in [0.717, 1.165) is 0 Å². The fourth-order valence-corrected chi connectivity index (χ4v) is 12.3. The van der Waals surface area contributed by atoms with Crippen LogP contribution < -0.4 is 0 Å². The molecular formula is C59H38S. The van der Waals surface area contributed by atoms with Gasteiger partial charge in [-0.3, -0.25) is 0 Å². The van der Waals surface area contributed by atoms with E-state index >= 15 is 0 Å². The fourth-order valence-electron chi connectivity index (χ4n) is 11.1. The Labute approximate surface area is 352 Å². The molecule has 0 nitrogen and oxygen atoms in total. The van der Waals surface area contributed by atoms with Crippen LogP contribution in [0.4, 0.5) is 0 Å². The zero-order valence-electron chi connectivity index (χ0n) is 33.4. The second-order valence-corrected chi connectivity index (χ2v) is 18.1. The largest absolute Gasteiger partial charge is 0.135 e. The molecule has 1 aliphatic carbocycles. The van der Waals surface area contributed by atoms with E-state index in [2.05, 4.69) is 208 Å². The zero-order valence-corrected chi connectivity index (χ0v) is 34.2. The third-order valence-corrected chi connectivity index (χ3v) is 14.8. The molecule has 0 saturated heterocycles. The Morgan fingerprint density at radius 3 is 1.50 bits per heavy atom. The minimum absolute atomic E-state index is 0.151. The van der Waals surface area contributed by atoms with Gasteiger partial charge >= 0.3 is 0 Å². The molecule has 1 heteroatoms. The van der Waals surface area contributed by atoms with Crippen molar-refractivity contribution in [3.63, 3.8) is 0 Å². The van der Waals surface area contributed by atoms with E-state index < -0.39 is 0 Å². The Morgan fingerprint density at radius 1 is 0.350 bits per heavy atom. The first-order chi connectivity index (χ1) is 29.6. The molecule has 1 aliphatic rings. The third-order valence-electron chi connectivity index (χ3n) is 13.6. The summed E-state index contributed by atoms with van der Waals surface area (Å²) in [4.78, 5) is 0. The molecule has 1 heterocycles. The number of fused-ring (bicyclic) bond motifs is 14. The van der Waals surface area contributed by atoms with Crippen LogP contribution in [-0.4, -0.2) is 0 Å². The summed E-state index contributed by atoms with van der Waals surface area (Å²) in [5, 5.41) is 15.6. The maximum Gasteiger partial charge on any atom is 0.0437 e. The lowest BCUT2D eigenvalue weighted by molar-refractivity contribution is 0.667. The summed E-state index contributed by atoms with van der Waals surface area (Å²) >= 11 is 1.94. The van der Waals surface area contributed by atoms with Crippen molar-refractivity contribution in [3.05, 3.63) is 205 Å². The van der Waals surface area contributed by atoms with E-state index in [1.165, 1.54) is 130 Å². The number of benzene rings is 11. The molecule has 0 N–H and O–H groups in total. The lowest BCUT2D eigenvalue weighted by Gasteiger charge is -2.23. The minimum atomic E-state index is -0.151. The Hall–Kier alpha value is -7.06. The van der Waals surface area contributed by atoms with Crippen molar-refractivity contribution in [3.8, 4) is 44.5 Å². The molecule has 60 heavy (non-hydrogen) atoms. The monoisotopic (exact) mass is 778 g/mol. The number of rotatable bonds is 3. The third kappa shape index (κ3) is 4.56. The van der Waals surface area contributed by atoms with Crippen LogP contribution in [0.2, 0.25) is 0 Å². The van der Waals surface area contributed by atoms with Crippen LogP contribution >= 0.6 is 11.3 Å². The number of thiophene rings is 1. The van der Waals surface area contributed by atoms with Crippen LogP contribution in [0.1, 0.15) is 25.0 Å². The normalized spacial score (nSPS) is 13.3. The highest BCUT2D eigenvalue weighted by Gasteiger charge is 2.39. The summed E-state index contributed by atoms with van der Waals surface area (Å²) in [6.45, 7) is 4.87. The Bertz CT molecular complexity index is 3740. The van der Waals surface area contributed by atoms with Crippen molar-refractivity contribution >= 4 is 85.4 Å². The summed E-state index contributed by atoms with van der Waals surface area (Å²) in [7, 11) is 0. The molecule has 0 amide bonds. The van der Waals surface area contributed by atoms with Gasteiger partial charge in [0.15, 0.2) is 0 Å². The lowest BCUT2D eigenvalue weighted by Crippen LogP contribution is -2.15. The average molecular weight is 779 g/mol. The van der Waals surface area contributed by atoms with E-state index in [9.17, 15) is 0 Å². The maximum absolute atomic E-state index is 2.50. The van der Waals surface area contributed by atoms with Gasteiger partial charge in [-0.15, -0.1) is 11.3 Å². The van der Waals surface area contributed by atoms with Gasteiger partial charge in [-0.05, 0) is 116 Å². The predicted octanol–water partition coefficient (Wildman–Crippen LogP) is 17.1. The van der Waals surface area contributed by atoms with Gasteiger partial charge in [0.05, 0.1) is 0 Å². The highest BCUT2D eigenvalue weighted by molar-refractivity contribution is 7.26. The summed E-state index contributed by atoms with van der Waals surface area (Å²) in [5.74, 6) is 0. The van der Waals surface area contributed by atoms with Crippen molar-refractivity contribution in [2.45, 2.75) is 19.3 Å². The summed E-state index contributed by atoms with van der Waals surface area (Å²) in [5.41, 5.74) is 13.1. The van der Waals surface area contributed by atoms with Crippen LogP contribution in [0.5, 0.6) is 0 Å². The number of hydrogen-bond acceptors (Lipinski definition) is 1. The van der Waals surface area contributed by atoms with Crippen LogP contribution in [-0.2, 0) is 5.41 Å². The molecule has 12 aromatic rings. The minimum Gasteiger partial charge on any atom is -0.135 e. The molecule has 11 aromatic carbocycles. The molecule has 0 radical (unpaired) electrons. The van der Waals surface area contributed by atoms with Gasteiger partial charge in [0.2, 0.25) is 0 Å². The predicted molar refractivity (Wildman–Crippen MR) is 261 cm³/mol. The van der Waals surface area contributed by atoms with Crippen molar-refractivity contribution in [1.29, 1.82) is 0 Å². The van der Waals surface area contributed by atoms with Crippen molar-refractivity contribution in [1.82, 2.24) is 0 Å². The smallest absolute Gasteiger partial charge is 0.0437 e. The summed E-state index contributed by atoms with van der Waals surface area (Å²) in [6.07, 6.45) is 0. The van der Waals surface area contributed by atoms with Gasteiger partial charge in [0, 0.05) is 31.0 Å². The molecule has 13 rings (SSSR count). The Kier molecular flexibility index (Phi) is 7.04. The van der Waals surface area contributed by atoms with Gasteiger partial charge < -0.3 is 0 Å². The molecule has 0 atom stereocenters. The van der Waals surface area contributed by atoms with Crippen LogP contribution in [0.15, 0.2) is 194 Å². The standard InChI is InChI=1S/C59H38S/c1-59(2)51-33-30-36(34-50(51)55-46-25-11-12-26-48(46)58-56(57(55)59)49-27-13-14-29-52(49)60-58)38-31-32-47(40-20-6-5-19-39(38)40)54-44-23-9-7-21-42(44)53(43-22-8-10-24-45(43)54)41-28-15-17-35-16-3-4-18-37(35)41/h3-34H,1-2H3. The topological polar surface area (TPSA) is 0 Å². The first-order valence-corrected chi connectivity index (χ1v) is 21.8. The average Bonchev–Trinajstić information content (AvgIpc) is 3.80. The quantitative estimate of drug-likeness (QED) is 0.157. The first kappa shape index (κ1) is 33.9. The molecule has 0 unspecified atom stereocenters. The van der Waals surface area contributed by atoms with E-state index in [0.29, 0.717) is 0 Å². The molecule has 0 aliphatic heterocycles. The van der Waals surface area contributed by atoms with Gasteiger partial charge in [0.1, 0.15) is 0 Å². The summed E-state index contributed by atoms with van der Waals surface area (Å²) in [6, 6.07) is 72.8. The molecule has 0 spiro atoms. The van der Waals surface area contributed by atoms with Gasteiger partial charge in [-0.1, -0.05) is 196 Å². The summed E-state index contributed by atoms with van der Waals surface area (Å²) < 4.78 is 2.76. The maximum atomic E-state index is 2.50. The van der Waals surface area contributed by atoms with Gasteiger partial charge in [-0.2, -0.15) is 0 Å². The number of hydrogen-bond donors (Lipinski definition) is 0. The molecule has 0 saturated carbocycles. The highest BCUT2D eigenvalue weighted by atomic mass is 32.1. The van der Waals surface area contributed by atoms with Crippen LogP contribution in [0.25, 0.3) is 119 Å². The lowest BCUT2D eigenvalue weighted by atomic mass is 9.79. The van der Waals surface area contributed by atoms with Crippen molar-refractivity contribution in [2.75, 3.05) is 0 Å². The van der Waals surface area contributed by atoms with Crippen molar-refractivity contribution < 1.29 is 0 Å². The Morgan fingerprint density at radius 2 is 0.833 bits per heavy atom.